The van der Waals surface area contributed by atoms with Crippen LogP contribution in [0, 0.1) is 0 Å². The van der Waals surface area contributed by atoms with Gasteiger partial charge in [0.15, 0.2) is 0 Å². The standard InChI is InChI=1S/C19H19N3O2/c1-21(19(24)11-15-7-9-18(23)10-8-15)13-16-12-20-22(14-16)17-5-3-2-4-6-17/h2-10,12,14,23H,11,13H2,1H3. The first kappa shape index (κ1) is 15.8. The topological polar surface area (TPSA) is 58.4 Å². The average molecular weight is 321 g/mol. The van der Waals surface area contributed by atoms with Gasteiger partial charge in [0.25, 0.3) is 0 Å². The maximum atomic E-state index is 12.3. The van der Waals surface area contributed by atoms with Gasteiger partial charge < -0.3 is 10.0 Å². The number of phenolic OH excluding ortho intramolecular Hbond substituents is 1. The lowest BCUT2D eigenvalue weighted by molar-refractivity contribution is -0.129. The predicted molar refractivity (Wildman–Crippen MR) is 91.8 cm³/mol. The number of para-hydroxylation sites is 1. The molecule has 0 aliphatic heterocycles. The van der Waals surface area contributed by atoms with Crippen LogP contribution in [-0.4, -0.2) is 32.7 Å². The molecule has 2 aromatic carbocycles. The molecule has 0 saturated carbocycles. The van der Waals surface area contributed by atoms with Crippen LogP contribution in [0.1, 0.15) is 11.1 Å². The summed E-state index contributed by atoms with van der Waals surface area (Å²) >= 11 is 0. The highest BCUT2D eigenvalue weighted by atomic mass is 16.3. The molecule has 1 N–H and O–H groups in total. The number of benzene rings is 2. The Morgan fingerprint density at radius 1 is 1.08 bits per heavy atom. The Kier molecular flexibility index (Phi) is 4.61. The van der Waals surface area contributed by atoms with E-state index in [0.717, 1.165) is 16.8 Å². The van der Waals surface area contributed by atoms with E-state index in [2.05, 4.69) is 5.10 Å². The second-order valence-electron chi connectivity index (χ2n) is 5.72. The Hall–Kier alpha value is -3.08. The van der Waals surface area contributed by atoms with Gasteiger partial charge in [0, 0.05) is 25.4 Å². The van der Waals surface area contributed by atoms with E-state index < -0.39 is 0 Å². The molecule has 3 rings (SSSR count). The molecule has 3 aromatic rings. The number of hydrogen-bond acceptors (Lipinski definition) is 3. The zero-order valence-electron chi connectivity index (χ0n) is 13.5. The minimum atomic E-state index is 0.0214. The van der Waals surface area contributed by atoms with Gasteiger partial charge in [-0.05, 0) is 29.8 Å². The molecule has 5 nitrogen and oxygen atoms in total. The van der Waals surface area contributed by atoms with Gasteiger partial charge >= 0.3 is 0 Å². The quantitative estimate of drug-likeness (QED) is 0.786. The second-order valence-corrected chi connectivity index (χ2v) is 5.72. The lowest BCUT2D eigenvalue weighted by Gasteiger charge is -2.16. The Morgan fingerprint density at radius 3 is 2.50 bits per heavy atom. The van der Waals surface area contributed by atoms with Gasteiger partial charge in [0.05, 0.1) is 18.3 Å². The van der Waals surface area contributed by atoms with Crippen LogP contribution in [0.5, 0.6) is 5.75 Å². The molecule has 0 atom stereocenters. The molecule has 0 spiro atoms. The molecule has 0 saturated heterocycles. The number of aromatic nitrogens is 2. The third-order valence-electron chi connectivity index (χ3n) is 3.79. The van der Waals surface area contributed by atoms with E-state index >= 15 is 0 Å². The summed E-state index contributed by atoms with van der Waals surface area (Å²) in [6, 6.07) is 16.5. The van der Waals surface area contributed by atoms with Crippen LogP contribution < -0.4 is 0 Å². The van der Waals surface area contributed by atoms with Gasteiger partial charge in [0.2, 0.25) is 5.91 Å². The van der Waals surface area contributed by atoms with Crippen molar-refractivity contribution in [2.24, 2.45) is 0 Å². The molecule has 1 aromatic heterocycles. The summed E-state index contributed by atoms with van der Waals surface area (Å²) in [4.78, 5) is 14.0. The fourth-order valence-electron chi connectivity index (χ4n) is 2.45. The zero-order chi connectivity index (χ0) is 16.9. The normalized spacial score (nSPS) is 10.5. The molecule has 122 valence electrons. The number of rotatable bonds is 5. The number of carbonyl (C=O) groups excluding carboxylic acids is 1. The van der Waals surface area contributed by atoms with E-state index in [1.54, 1.807) is 47.1 Å². The van der Waals surface area contributed by atoms with E-state index in [0.29, 0.717) is 13.0 Å². The van der Waals surface area contributed by atoms with Crippen molar-refractivity contribution < 1.29 is 9.90 Å². The number of nitrogens with zero attached hydrogens (tertiary/aromatic N) is 3. The molecule has 0 aliphatic carbocycles. The smallest absolute Gasteiger partial charge is 0.227 e. The molecule has 24 heavy (non-hydrogen) atoms. The van der Waals surface area contributed by atoms with E-state index in [1.165, 1.54) is 0 Å². The first-order chi connectivity index (χ1) is 11.6. The molecule has 0 radical (unpaired) electrons. The van der Waals surface area contributed by atoms with Gasteiger partial charge in [-0.3, -0.25) is 4.79 Å². The van der Waals surface area contributed by atoms with Crippen molar-refractivity contribution in [1.82, 2.24) is 14.7 Å². The Labute approximate surface area is 140 Å². The molecular formula is C19H19N3O2. The molecule has 0 fully saturated rings. The van der Waals surface area contributed by atoms with Crippen molar-refractivity contribution in [2.45, 2.75) is 13.0 Å². The Balaban J connectivity index is 1.62. The van der Waals surface area contributed by atoms with Crippen LogP contribution >= 0.6 is 0 Å². The molecule has 1 amide bonds. The van der Waals surface area contributed by atoms with E-state index in [9.17, 15) is 9.90 Å². The maximum absolute atomic E-state index is 12.3. The minimum absolute atomic E-state index is 0.0214. The van der Waals surface area contributed by atoms with Gasteiger partial charge in [-0.25, -0.2) is 4.68 Å². The third kappa shape index (κ3) is 3.81. The van der Waals surface area contributed by atoms with Gasteiger partial charge in [0.1, 0.15) is 5.75 Å². The van der Waals surface area contributed by atoms with Crippen molar-refractivity contribution in [3.63, 3.8) is 0 Å². The van der Waals surface area contributed by atoms with Crippen molar-refractivity contribution >= 4 is 5.91 Å². The Bertz CT molecular complexity index is 810. The number of hydrogen-bond donors (Lipinski definition) is 1. The summed E-state index contributed by atoms with van der Waals surface area (Å²) in [5, 5.41) is 13.6. The molecule has 0 bridgehead atoms. The first-order valence-electron chi connectivity index (χ1n) is 7.72. The molecule has 0 aliphatic rings. The number of likely N-dealkylation sites (N-methyl/N-ethyl adjacent to an activating group) is 1. The van der Waals surface area contributed by atoms with Crippen LogP contribution in [0.25, 0.3) is 5.69 Å². The van der Waals surface area contributed by atoms with Crippen molar-refractivity contribution in [1.29, 1.82) is 0 Å². The zero-order valence-corrected chi connectivity index (χ0v) is 13.5. The Morgan fingerprint density at radius 2 is 1.79 bits per heavy atom. The summed E-state index contributed by atoms with van der Waals surface area (Å²) in [5.74, 6) is 0.223. The van der Waals surface area contributed by atoms with Crippen LogP contribution in [0.15, 0.2) is 67.0 Å². The highest BCUT2D eigenvalue weighted by Crippen LogP contribution is 2.12. The van der Waals surface area contributed by atoms with Gasteiger partial charge in [-0.15, -0.1) is 0 Å². The third-order valence-corrected chi connectivity index (χ3v) is 3.79. The number of amides is 1. The van der Waals surface area contributed by atoms with E-state index in [4.69, 9.17) is 0 Å². The fraction of sp³-hybridized carbons (Fsp3) is 0.158. The summed E-state index contributed by atoms with van der Waals surface area (Å²) in [6.07, 6.45) is 4.01. The van der Waals surface area contributed by atoms with Crippen LogP contribution in [0.3, 0.4) is 0 Å². The maximum Gasteiger partial charge on any atom is 0.227 e. The van der Waals surface area contributed by atoms with Crippen LogP contribution in [0.4, 0.5) is 0 Å². The summed E-state index contributed by atoms with van der Waals surface area (Å²) in [6.45, 7) is 0.504. The molecular weight excluding hydrogens is 302 g/mol. The highest BCUT2D eigenvalue weighted by molar-refractivity contribution is 5.78. The van der Waals surface area contributed by atoms with E-state index in [1.807, 2.05) is 36.5 Å². The second kappa shape index (κ2) is 7.00. The lowest BCUT2D eigenvalue weighted by atomic mass is 10.1. The van der Waals surface area contributed by atoms with E-state index in [-0.39, 0.29) is 11.7 Å². The van der Waals surface area contributed by atoms with Crippen molar-refractivity contribution in [3.05, 3.63) is 78.1 Å². The number of phenols is 1. The van der Waals surface area contributed by atoms with Crippen LogP contribution in [-0.2, 0) is 17.8 Å². The predicted octanol–water partition coefficient (Wildman–Crippen LogP) is 2.78. The average Bonchev–Trinajstić information content (AvgIpc) is 3.06. The largest absolute Gasteiger partial charge is 0.508 e. The van der Waals surface area contributed by atoms with Crippen molar-refractivity contribution in [3.8, 4) is 11.4 Å². The molecule has 1 heterocycles. The number of aromatic hydroxyl groups is 1. The number of carbonyl (C=O) groups is 1. The first-order valence-corrected chi connectivity index (χ1v) is 7.72. The summed E-state index contributed by atoms with van der Waals surface area (Å²) in [7, 11) is 1.78. The summed E-state index contributed by atoms with van der Waals surface area (Å²) in [5.41, 5.74) is 2.84. The van der Waals surface area contributed by atoms with Crippen LogP contribution in [0.2, 0.25) is 0 Å². The monoisotopic (exact) mass is 321 g/mol. The fourth-order valence-corrected chi connectivity index (χ4v) is 2.45. The summed E-state index contributed by atoms with van der Waals surface area (Å²) < 4.78 is 1.80. The van der Waals surface area contributed by atoms with Gasteiger partial charge in [-0.1, -0.05) is 30.3 Å². The van der Waals surface area contributed by atoms with Gasteiger partial charge in [-0.2, -0.15) is 5.10 Å². The molecule has 0 unspecified atom stereocenters. The van der Waals surface area contributed by atoms with Crippen molar-refractivity contribution in [2.75, 3.05) is 7.05 Å². The highest BCUT2D eigenvalue weighted by Gasteiger charge is 2.11. The lowest BCUT2D eigenvalue weighted by Crippen LogP contribution is -2.27. The minimum Gasteiger partial charge on any atom is -0.508 e. The molecule has 5 heteroatoms. The SMILES string of the molecule is CN(Cc1cnn(-c2ccccc2)c1)C(=O)Cc1ccc(O)cc1.